The average Bonchev–Trinajstić information content (AvgIpc) is 3.39. The van der Waals surface area contributed by atoms with Crippen LogP contribution < -0.4 is 10.6 Å². The molecule has 0 aromatic heterocycles. The summed E-state index contributed by atoms with van der Waals surface area (Å²) in [6.07, 6.45) is 1.86. The lowest BCUT2D eigenvalue weighted by Crippen LogP contribution is -2.25. The van der Waals surface area contributed by atoms with Crippen LogP contribution in [-0.2, 0) is 0 Å². The van der Waals surface area contributed by atoms with Gasteiger partial charge in [-0.25, -0.2) is 13.2 Å². The molecule has 1 fully saturated rings. The summed E-state index contributed by atoms with van der Waals surface area (Å²) >= 11 is 0. The number of anilines is 1. The number of carbonyl (C=O) groups is 2. The van der Waals surface area contributed by atoms with E-state index in [-0.39, 0.29) is 17.5 Å². The summed E-state index contributed by atoms with van der Waals surface area (Å²) in [5.41, 5.74) is -0.0883. The van der Waals surface area contributed by atoms with Crippen LogP contribution in [0.15, 0.2) is 36.4 Å². The number of nitrogens with one attached hydrogen (secondary N) is 2. The second kappa shape index (κ2) is 6.35. The van der Waals surface area contributed by atoms with Crippen molar-refractivity contribution in [3.05, 3.63) is 65.0 Å². The van der Waals surface area contributed by atoms with E-state index in [4.69, 9.17) is 0 Å². The summed E-state index contributed by atoms with van der Waals surface area (Å²) in [5, 5.41) is 4.95. The second-order valence-electron chi connectivity index (χ2n) is 5.51. The van der Waals surface area contributed by atoms with Crippen molar-refractivity contribution in [2.75, 3.05) is 5.32 Å². The molecule has 0 radical (unpaired) electrons. The molecule has 2 N–H and O–H groups in total. The van der Waals surface area contributed by atoms with Crippen LogP contribution in [0.4, 0.5) is 18.9 Å². The molecule has 0 atom stereocenters. The minimum atomic E-state index is -1.66. The van der Waals surface area contributed by atoms with Crippen LogP contribution in [0.25, 0.3) is 0 Å². The first-order chi connectivity index (χ1) is 11.5. The number of halogens is 3. The molecule has 0 heterocycles. The van der Waals surface area contributed by atoms with Crippen molar-refractivity contribution in [2.45, 2.75) is 18.9 Å². The molecule has 2 amide bonds. The van der Waals surface area contributed by atoms with E-state index < -0.39 is 29.0 Å². The van der Waals surface area contributed by atoms with Crippen LogP contribution in [0, 0.1) is 17.5 Å². The van der Waals surface area contributed by atoms with Gasteiger partial charge in [-0.2, -0.15) is 0 Å². The first-order valence-corrected chi connectivity index (χ1v) is 7.31. The lowest BCUT2D eigenvalue weighted by Gasteiger charge is -2.09. The van der Waals surface area contributed by atoms with Crippen molar-refractivity contribution in [3.8, 4) is 0 Å². The van der Waals surface area contributed by atoms with E-state index >= 15 is 0 Å². The van der Waals surface area contributed by atoms with E-state index in [9.17, 15) is 22.8 Å². The molecule has 0 bridgehead atoms. The average molecular weight is 334 g/mol. The van der Waals surface area contributed by atoms with Crippen LogP contribution in [0.2, 0.25) is 0 Å². The van der Waals surface area contributed by atoms with Gasteiger partial charge < -0.3 is 10.6 Å². The van der Waals surface area contributed by atoms with Gasteiger partial charge in [-0.3, -0.25) is 9.59 Å². The molecule has 124 valence electrons. The molecular formula is C17H13F3N2O2. The van der Waals surface area contributed by atoms with Crippen molar-refractivity contribution in [2.24, 2.45) is 0 Å². The molecule has 24 heavy (non-hydrogen) atoms. The Morgan fingerprint density at radius 3 is 2.25 bits per heavy atom. The third-order valence-corrected chi connectivity index (χ3v) is 3.58. The number of hydrogen-bond acceptors (Lipinski definition) is 2. The molecule has 2 aromatic rings. The predicted octanol–water partition coefficient (Wildman–Crippen LogP) is 3.25. The van der Waals surface area contributed by atoms with Gasteiger partial charge in [-0.05, 0) is 43.2 Å². The van der Waals surface area contributed by atoms with Crippen LogP contribution in [0.3, 0.4) is 0 Å². The fourth-order valence-corrected chi connectivity index (χ4v) is 2.11. The molecule has 0 saturated heterocycles. The quantitative estimate of drug-likeness (QED) is 0.843. The maximum atomic E-state index is 13.6. The summed E-state index contributed by atoms with van der Waals surface area (Å²) in [6.45, 7) is 0. The zero-order valence-corrected chi connectivity index (χ0v) is 12.4. The lowest BCUT2D eigenvalue weighted by atomic mass is 10.1. The maximum Gasteiger partial charge on any atom is 0.255 e. The molecule has 1 saturated carbocycles. The highest BCUT2D eigenvalue weighted by atomic mass is 19.2. The Labute approximate surface area is 135 Å². The summed E-state index contributed by atoms with van der Waals surface area (Å²) in [7, 11) is 0. The summed E-state index contributed by atoms with van der Waals surface area (Å²) in [6, 6.07) is 7.66. The van der Waals surface area contributed by atoms with Crippen LogP contribution in [0.5, 0.6) is 0 Å². The Kier molecular flexibility index (Phi) is 4.24. The fourth-order valence-electron chi connectivity index (χ4n) is 2.11. The van der Waals surface area contributed by atoms with Crippen molar-refractivity contribution in [3.63, 3.8) is 0 Å². The Hall–Kier alpha value is -2.83. The van der Waals surface area contributed by atoms with Gasteiger partial charge in [0, 0.05) is 17.2 Å². The van der Waals surface area contributed by atoms with Crippen LogP contribution in [0.1, 0.15) is 33.6 Å². The minimum Gasteiger partial charge on any atom is -0.349 e. The van der Waals surface area contributed by atoms with E-state index in [0.717, 1.165) is 18.9 Å². The van der Waals surface area contributed by atoms with E-state index in [0.29, 0.717) is 11.6 Å². The van der Waals surface area contributed by atoms with Crippen LogP contribution >= 0.6 is 0 Å². The Morgan fingerprint density at radius 1 is 0.917 bits per heavy atom. The number of amides is 2. The SMILES string of the molecule is O=C(Nc1ccc(F)c(F)c1F)c1cccc(C(=O)NC2CC2)c1. The zero-order chi connectivity index (χ0) is 17.3. The summed E-state index contributed by atoms with van der Waals surface area (Å²) in [4.78, 5) is 24.1. The highest BCUT2D eigenvalue weighted by Gasteiger charge is 2.24. The standard InChI is InChI=1S/C17H13F3N2O2/c18-12-6-7-13(15(20)14(12)19)22-17(24)10-3-1-2-9(8-10)16(23)21-11-4-5-11/h1-3,6-8,11H,4-5H2,(H,21,23)(H,22,24). The molecule has 4 nitrogen and oxygen atoms in total. The van der Waals surface area contributed by atoms with E-state index in [1.165, 1.54) is 18.2 Å². The number of rotatable bonds is 4. The Morgan fingerprint density at radius 2 is 1.58 bits per heavy atom. The molecule has 1 aliphatic rings. The van der Waals surface area contributed by atoms with Crippen molar-refractivity contribution < 1.29 is 22.8 Å². The van der Waals surface area contributed by atoms with E-state index in [1.807, 2.05) is 0 Å². The second-order valence-corrected chi connectivity index (χ2v) is 5.51. The fraction of sp³-hybridized carbons (Fsp3) is 0.176. The predicted molar refractivity (Wildman–Crippen MR) is 81.2 cm³/mol. The van der Waals surface area contributed by atoms with Crippen LogP contribution in [-0.4, -0.2) is 17.9 Å². The first kappa shape index (κ1) is 16.0. The van der Waals surface area contributed by atoms with Gasteiger partial charge >= 0.3 is 0 Å². The molecule has 0 spiro atoms. The van der Waals surface area contributed by atoms with E-state index in [2.05, 4.69) is 10.6 Å². The van der Waals surface area contributed by atoms with Gasteiger partial charge in [0.05, 0.1) is 5.69 Å². The van der Waals surface area contributed by atoms with E-state index in [1.54, 1.807) is 6.07 Å². The van der Waals surface area contributed by atoms with Gasteiger partial charge in [-0.1, -0.05) is 6.07 Å². The monoisotopic (exact) mass is 334 g/mol. The largest absolute Gasteiger partial charge is 0.349 e. The lowest BCUT2D eigenvalue weighted by molar-refractivity contribution is 0.0951. The zero-order valence-electron chi connectivity index (χ0n) is 12.4. The molecule has 3 rings (SSSR count). The third kappa shape index (κ3) is 3.40. The molecule has 0 unspecified atom stereocenters. The number of hydrogen-bond donors (Lipinski definition) is 2. The Balaban J connectivity index is 1.77. The highest BCUT2D eigenvalue weighted by molar-refractivity contribution is 6.06. The number of carbonyl (C=O) groups excluding carboxylic acids is 2. The molecule has 1 aliphatic carbocycles. The highest BCUT2D eigenvalue weighted by Crippen LogP contribution is 2.21. The minimum absolute atomic E-state index is 0.0996. The summed E-state index contributed by atoms with van der Waals surface area (Å²) in [5.74, 6) is -5.52. The topological polar surface area (TPSA) is 58.2 Å². The van der Waals surface area contributed by atoms with Gasteiger partial charge in [-0.15, -0.1) is 0 Å². The molecule has 0 aliphatic heterocycles. The maximum absolute atomic E-state index is 13.6. The smallest absolute Gasteiger partial charge is 0.255 e. The van der Waals surface area contributed by atoms with Gasteiger partial charge in [0.1, 0.15) is 0 Å². The van der Waals surface area contributed by atoms with Crippen molar-refractivity contribution >= 4 is 17.5 Å². The first-order valence-electron chi connectivity index (χ1n) is 7.31. The third-order valence-electron chi connectivity index (χ3n) is 3.58. The summed E-state index contributed by atoms with van der Waals surface area (Å²) < 4.78 is 39.7. The van der Waals surface area contributed by atoms with Gasteiger partial charge in [0.25, 0.3) is 11.8 Å². The Bertz CT molecular complexity index is 819. The number of benzene rings is 2. The van der Waals surface area contributed by atoms with Gasteiger partial charge in [0.2, 0.25) is 0 Å². The van der Waals surface area contributed by atoms with Crippen molar-refractivity contribution in [1.82, 2.24) is 5.32 Å². The molecule has 7 heteroatoms. The van der Waals surface area contributed by atoms with Crippen molar-refractivity contribution in [1.29, 1.82) is 0 Å². The molecular weight excluding hydrogens is 321 g/mol. The van der Waals surface area contributed by atoms with Gasteiger partial charge in [0.15, 0.2) is 17.5 Å². The normalized spacial score (nSPS) is 13.5. The molecule has 2 aromatic carbocycles.